The van der Waals surface area contributed by atoms with Crippen LogP contribution in [0.5, 0.6) is 0 Å². The number of hydrogen-bond acceptors (Lipinski definition) is 4. The van der Waals surface area contributed by atoms with Gasteiger partial charge in [-0.05, 0) is 65.1 Å². The van der Waals surface area contributed by atoms with E-state index in [4.69, 9.17) is 9.41 Å². The van der Waals surface area contributed by atoms with Crippen LogP contribution >= 0.6 is 35.7 Å². The van der Waals surface area contributed by atoms with Crippen molar-refractivity contribution in [2.45, 2.75) is 44.4 Å². The Morgan fingerprint density at radius 2 is 2.08 bits per heavy atom. The Bertz CT molecular complexity index is 501. The summed E-state index contributed by atoms with van der Waals surface area (Å²) in [7, 11) is 0. The Kier molecular flexibility index (Phi) is 10.3. The number of guanidine groups is 1. The molecule has 1 atom stereocenters. The van der Waals surface area contributed by atoms with Crippen molar-refractivity contribution in [3.63, 3.8) is 0 Å². The van der Waals surface area contributed by atoms with E-state index in [2.05, 4.69) is 48.6 Å². The van der Waals surface area contributed by atoms with Gasteiger partial charge in [0.1, 0.15) is 5.76 Å². The van der Waals surface area contributed by atoms with Gasteiger partial charge in [0.2, 0.25) is 0 Å². The molecule has 1 aliphatic rings. The molecule has 1 aromatic heterocycles. The van der Waals surface area contributed by atoms with Gasteiger partial charge in [-0.1, -0.05) is 0 Å². The molecule has 2 rings (SSSR count). The molecular formula is C18H33IN4OS. The highest BCUT2D eigenvalue weighted by molar-refractivity contribution is 14.0. The van der Waals surface area contributed by atoms with Crippen LogP contribution in [0.2, 0.25) is 0 Å². The quantitative estimate of drug-likeness (QED) is 0.338. The Balaban J connectivity index is 0.00000312. The third kappa shape index (κ3) is 7.38. The molecule has 0 radical (unpaired) electrons. The van der Waals surface area contributed by atoms with E-state index in [1.54, 1.807) is 6.26 Å². The van der Waals surface area contributed by atoms with E-state index in [1.165, 1.54) is 12.8 Å². The highest BCUT2D eigenvalue weighted by atomic mass is 127. The van der Waals surface area contributed by atoms with Crippen molar-refractivity contribution in [1.29, 1.82) is 0 Å². The van der Waals surface area contributed by atoms with Gasteiger partial charge in [-0.15, -0.1) is 24.0 Å². The minimum Gasteiger partial charge on any atom is -0.468 e. The second-order valence-electron chi connectivity index (χ2n) is 6.81. The highest BCUT2D eigenvalue weighted by Crippen LogP contribution is 2.25. The van der Waals surface area contributed by atoms with Gasteiger partial charge in [-0.25, -0.2) is 0 Å². The Morgan fingerprint density at radius 3 is 2.64 bits per heavy atom. The number of furan rings is 1. The summed E-state index contributed by atoms with van der Waals surface area (Å²) < 4.78 is 5.84. The van der Waals surface area contributed by atoms with E-state index >= 15 is 0 Å². The van der Waals surface area contributed by atoms with Gasteiger partial charge in [0, 0.05) is 17.8 Å². The number of nitrogens with zero attached hydrogens (tertiary/aromatic N) is 2. The Morgan fingerprint density at radius 1 is 1.36 bits per heavy atom. The average Bonchev–Trinajstić information content (AvgIpc) is 3.27. The molecule has 2 N–H and O–H groups in total. The van der Waals surface area contributed by atoms with Crippen molar-refractivity contribution in [1.82, 2.24) is 15.5 Å². The van der Waals surface area contributed by atoms with Crippen LogP contribution in [0.4, 0.5) is 0 Å². The fourth-order valence-corrected chi connectivity index (χ4v) is 3.01. The van der Waals surface area contributed by atoms with Crippen LogP contribution in [0.25, 0.3) is 0 Å². The maximum Gasteiger partial charge on any atom is 0.191 e. The molecule has 0 aliphatic carbocycles. The van der Waals surface area contributed by atoms with Crippen LogP contribution in [-0.2, 0) is 0 Å². The summed E-state index contributed by atoms with van der Waals surface area (Å²) in [4.78, 5) is 7.26. The van der Waals surface area contributed by atoms with Gasteiger partial charge < -0.3 is 15.1 Å². The SMILES string of the molecule is CCNC(=NCC(C)(C)SC)NCC(c1ccco1)N1CCCC1.I. The molecule has 1 saturated heterocycles. The van der Waals surface area contributed by atoms with Gasteiger partial charge in [0.05, 0.1) is 18.8 Å². The summed E-state index contributed by atoms with van der Waals surface area (Å²) in [6.45, 7) is 11.3. The predicted molar refractivity (Wildman–Crippen MR) is 119 cm³/mol. The summed E-state index contributed by atoms with van der Waals surface area (Å²) in [5.74, 6) is 1.92. The third-order valence-corrected chi connectivity index (χ3v) is 5.66. The summed E-state index contributed by atoms with van der Waals surface area (Å²) >= 11 is 1.84. The molecule has 1 aromatic rings. The monoisotopic (exact) mass is 480 g/mol. The first-order valence-electron chi connectivity index (χ1n) is 8.90. The van der Waals surface area contributed by atoms with Gasteiger partial charge in [-0.3, -0.25) is 9.89 Å². The maximum atomic E-state index is 5.69. The van der Waals surface area contributed by atoms with Gasteiger partial charge in [-0.2, -0.15) is 11.8 Å². The summed E-state index contributed by atoms with van der Waals surface area (Å²) in [6, 6.07) is 4.31. The first-order chi connectivity index (χ1) is 11.6. The van der Waals surface area contributed by atoms with Crippen molar-refractivity contribution in [3.8, 4) is 0 Å². The van der Waals surface area contributed by atoms with Crippen molar-refractivity contribution >= 4 is 41.7 Å². The van der Waals surface area contributed by atoms with Crippen LogP contribution in [0.3, 0.4) is 0 Å². The Hall–Kier alpha value is -0.410. The maximum absolute atomic E-state index is 5.69. The first-order valence-corrected chi connectivity index (χ1v) is 10.1. The van der Waals surface area contributed by atoms with Gasteiger partial charge >= 0.3 is 0 Å². The summed E-state index contributed by atoms with van der Waals surface area (Å²) in [5, 5.41) is 6.86. The molecule has 2 heterocycles. The van der Waals surface area contributed by atoms with Crippen LogP contribution < -0.4 is 10.6 Å². The zero-order valence-corrected chi connectivity index (χ0v) is 19.0. The molecule has 0 amide bonds. The predicted octanol–water partition coefficient (Wildman–Crippen LogP) is 3.73. The molecule has 5 nitrogen and oxygen atoms in total. The molecule has 1 unspecified atom stereocenters. The van der Waals surface area contributed by atoms with Crippen molar-refractivity contribution in [2.75, 3.05) is 39.0 Å². The molecular weight excluding hydrogens is 447 g/mol. The van der Waals surface area contributed by atoms with E-state index in [0.717, 1.165) is 44.4 Å². The average molecular weight is 480 g/mol. The number of likely N-dealkylation sites (tertiary alicyclic amines) is 1. The van der Waals surface area contributed by atoms with E-state index in [1.807, 2.05) is 17.8 Å². The number of aliphatic imine (C=N–C) groups is 1. The molecule has 144 valence electrons. The zero-order valence-electron chi connectivity index (χ0n) is 15.9. The van der Waals surface area contributed by atoms with Gasteiger partial charge in [0.25, 0.3) is 0 Å². The largest absolute Gasteiger partial charge is 0.468 e. The number of hydrogen-bond donors (Lipinski definition) is 2. The Labute approximate surface area is 173 Å². The van der Waals surface area contributed by atoms with E-state index in [-0.39, 0.29) is 34.8 Å². The third-order valence-electron chi connectivity index (χ3n) is 4.43. The standard InChI is InChI=1S/C18H32N4OS.HI/c1-5-19-17(21-14-18(2,3)24-4)20-13-15(16-9-8-12-23-16)22-10-6-7-11-22;/h8-9,12,15H,5-7,10-11,13-14H2,1-4H3,(H2,19,20,21);1H. The molecule has 0 aromatic carbocycles. The van der Waals surface area contributed by atoms with Crippen molar-refractivity contribution in [2.24, 2.45) is 4.99 Å². The van der Waals surface area contributed by atoms with Crippen molar-refractivity contribution < 1.29 is 4.42 Å². The fraction of sp³-hybridized carbons (Fsp3) is 0.722. The van der Waals surface area contributed by atoms with E-state index < -0.39 is 0 Å². The lowest BCUT2D eigenvalue weighted by Gasteiger charge is -2.27. The van der Waals surface area contributed by atoms with Crippen LogP contribution in [0, 0.1) is 0 Å². The number of halogens is 1. The second-order valence-corrected chi connectivity index (χ2v) is 8.33. The lowest BCUT2D eigenvalue weighted by atomic mass is 10.2. The molecule has 7 heteroatoms. The lowest BCUT2D eigenvalue weighted by molar-refractivity contribution is 0.215. The molecule has 1 fully saturated rings. The fourth-order valence-electron chi connectivity index (χ4n) is 2.81. The molecule has 0 saturated carbocycles. The molecule has 0 spiro atoms. The zero-order chi connectivity index (χ0) is 17.4. The number of thioether (sulfide) groups is 1. The second kappa shape index (κ2) is 11.3. The number of rotatable bonds is 8. The minimum absolute atomic E-state index is 0. The van der Waals surface area contributed by atoms with E-state index in [0.29, 0.717) is 0 Å². The lowest BCUT2D eigenvalue weighted by Crippen LogP contribution is -2.43. The topological polar surface area (TPSA) is 52.8 Å². The minimum atomic E-state index is 0. The van der Waals surface area contributed by atoms with Crippen LogP contribution in [0.1, 0.15) is 45.4 Å². The first kappa shape index (κ1) is 22.6. The van der Waals surface area contributed by atoms with Crippen LogP contribution in [0.15, 0.2) is 27.8 Å². The van der Waals surface area contributed by atoms with E-state index in [9.17, 15) is 0 Å². The highest BCUT2D eigenvalue weighted by Gasteiger charge is 2.25. The summed E-state index contributed by atoms with van der Waals surface area (Å²) in [5.41, 5.74) is 0. The molecule has 0 bridgehead atoms. The smallest absolute Gasteiger partial charge is 0.191 e. The van der Waals surface area contributed by atoms with Crippen LogP contribution in [-0.4, -0.2) is 54.6 Å². The van der Waals surface area contributed by atoms with Crippen molar-refractivity contribution in [3.05, 3.63) is 24.2 Å². The number of nitrogens with one attached hydrogen (secondary N) is 2. The normalized spacial score (nSPS) is 17.2. The summed E-state index contributed by atoms with van der Waals surface area (Å²) in [6.07, 6.45) is 6.44. The van der Waals surface area contributed by atoms with Gasteiger partial charge in [0.15, 0.2) is 5.96 Å². The molecule has 1 aliphatic heterocycles. The molecule has 25 heavy (non-hydrogen) atoms.